The number of benzene rings is 2. The summed E-state index contributed by atoms with van der Waals surface area (Å²) in [7, 11) is -3.60. The van der Waals surface area contributed by atoms with Crippen LogP contribution in [-0.2, 0) is 10.0 Å². The maximum Gasteiger partial charge on any atom is 0.241 e. The van der Waals surface area contributed by atoms with Crippen LogP contribution in [0.5, 0.6) is 0 Å². The number of aromatic nitrogens is 2. The molecule has 0 radical (unpaired) electrons. The van der Waals surface area contributed by atoms with E-state index in [1.807, 2.05) is 30.3 Å². The minimum atomic E-state index is -3.60. The van der Waals surface area contributed by atoms with Crippen LogP contribution < -0.4 is 4.72 Å². The fraction of sp³-hybridized carbons (Fsp3) is 0.133. The molecule has 0 aliphatic heterocycles. The molecule has 1 aromatic heterocycles. The second kappa shape index (κ2) is 5.31. The van der Waals surface area contributed by atoms with E-state index in [0.717, 1.165) is 10.9 Å². The Labute approximate surface area is 123 Å². The first-order chi connectivity index (χ1) is 10.1. The van der Waals surface area contributed by atoms with Gasteiger partial charge < -0.3 is 0 Å². The Morgan fingerprint density at radius 1 is 1.14 bits per heavy atom. The predicted molar refractivity (Wildman–Crippen MR) is 81.3 cm³/mol. The Hall–Kier alpha value is -2.18. The van der Waals surface area contributed by atoms with Crippen LogP contribution in [0.2, 0.25) is 0 Å². The Bertz CT molecular complexity index is 852. The maximum atomic E-state index is 12.6. The van der Waals surface area contributed by atoms with Crippen molar-refractivity contribution in [2.45, 2.75) is 17.9 Å². The van der Waals surface area contributed by atoms with Crippen LogP contribution in [0.3, 0.4) is 0 Å². The lowest BCUT2D eigenvalue weighted by atomic mass is 10.1. The largest absolute Gasteiger partial charge is 0.285 e. The first-order valence-electron chi connectivity index (χ1n) is 6.57. The molecule has 0 bridgehead atoms. The van der Waals surface area contributed by atoms with Crippen LogP contribution in [0.1, 0.15) is 18.5 Å². The minimum Gasteiger partial charge on any atom is -0.285 e. The summed E-state index contributed by atoms with van der Waals surface area (Å²) in [5, 5.41) is 8.13. The molecule has 3 aromatic rings. The molecular formula is C15H15N3O2S. The lowest BCUT2D eigenvalue weighted by Gasteiger charge is -2.14. The van der Waals surface area contributed by atoms with Gasteiger partial charge in [-0.15, -0.1) is 0 Å². The molecule has 0 saturated carbocycles. The molecule has 1 unspecified atom stereocenters. The molecule has 0 aliphatic rings. The second-order valence-corrected chi connectivity index (χ2v) is 6.53. The Balaban J connectivity index is 2.01. The molecule has 2 aromatic carbocycles. The van der Waals surface area contributed by atoms with E-state index in [0.29, 0.717) is 5.39 Å². The third-order valence-corrected chi connectivity index (χ3v) is 4.99. The number of nitrogens with one attached hydrogen (secondary N) is 2. The number of hydrogen-bond donors (Lipinski definition) is 2. The van der Waals surface area contributed by atoms with Gasteiger partial charge in [0.1, 0.15) is 0 Å². The average Bonchev–Trinajstić information content (AvgIpc) is 3.00. The highest BCUT2D eigenvalue weighted by atomic mass is 32.2. The van der Waals surface area contributed by atoms with Crippen molar-refractivity contribution in [2.24, 2.45) is 0 Å². The summed E-state index contributed by atoms with van der Waals surface area (Å²) in [6.07, 6.45) is 3.28. The summed E-state index contributed by atoms with van der Waals surface area (Å²) in [5.74, 6) is 0. The molecule has 0 amide bonds. The van der Waals surface area contributed by atoms with Gasteiger partial charge in [-0.1, -0.05) is 36.4 Å². The van der Waals surface area contributed by atoms with Gasteiger partial charge in [-0.05, 0) is 18.4 Å². The van der Waals surface area contributed by atoms with Crippen LogP contribution in [0.25, 0.3) is 10.8 Å². The van der Waals surface area contributed by atoms with Gasteiger partial charge in [-0.3, -0.25) is 5.10 Å². The van der Waals surface area contributed by atoms with Crippen LogP contribution >= 0.6 is 0 Å². The third-order valence-electron chi connectivity index (χ3n) is 3.39. The third kappa shape index (κ3) is 2.68. The minimum absolute atomic E-state index is 0.288. The van der Waals surface area contributed by atoms with E-state index in [1.165, 1.54) is 0 Å². The number of rotatable bonds is 4. The number of fused-ring (bicyclic) bond motifs is 1. The molecule has 21 heavy (non-hydrogen) atoms. The quantitative estimate of drug-likeness (QED) is 0.778. The highest BCUT2D eigenvalue weighted by Crippen LogP contribution is 2.24. The molecule has 0 fully saturated rings. The van der Waals surface area contributed by atoms with Crippen molar-refractivity contribution in [1.82, 2.24) is 14.9 Å². The van der Waals surface area contributed by atoms with Crippen molar-refractivity contribution < 1.29 is 8.42 Å². The van der Waals surface area contributed by atoms with Gasteiger partial charge in [0.2, 0.25) is 10.0 Å². The van der Waals surface area contributed by atoms with Crippen molar-refractivity contribution >= 4 is 20.8 Å². The Morgan fingerprint density at radius 2 is 1.90 bits per heavy atom. The van der Waals surface area contributed by atoms with E-state index in [9.17, 15) is 8.42 Å². The fourth-order valence-electron chi connectivity index (χ4n) is 2.29. The van der Waals surface area contributed by atoms with E-state index in [-0.39, 0.29) is 10.9 Å². The van der Waals surface area contributed by atoms with Gasteiger partial charge in [0.25, 0.3) is 0 Å². The number of sulfonamides is 1. The summed E-state index contributed by atoms with van der Waals surface area (Å²) in [5.41, 5.74) is 0.791. The zero-order valence-electron chi connectivity index (χ0n) is 11.4. The predicted octanol–water partition coefficient (Wildman–Crippen LogP) is 2.60. The molecule has 0 aliphatic carbocycles. The molecule has 3 rings (SSSR count). The first-order valence-corrected chi connectivity index (χ1v) is 8.05. The maximum absolute atomic E-state index is 12.6. The van der Waals surface area contributed by atoms with Crippen LogP contribution in [0.4, 0.5) is 0 Å². The van der Waals surface area contributed by atoms with Gasteiger partial charge in [-0.25, -0.2) is 13.1 Å². The number of aromatic amines is 1. The monoisotopic (exact) mass is 301 g/mol. The number of H-pyrrole nitrogens is 1. The summed E-state index contributed by atoms with van der Waals surface area (Å²) in [4.78, 5) is 0.288. The summed E-state index contributed by atoms with van der Waals surface area (Å²) in [6.45, 7) is 1.79. The topological polar surface area (TPSA) is 74.8 Å². The summed E-state index contributed by atoms with van der Waals surface area (Å²) >= 11 is 0. The Morgan fingerprint density at radius 3 is 2.67 bits per heavy atom. The van der Waals surface area contributed by atoms with Gasteiger partial charge >= 0.3 is 0 Å². The normalized spacial score (nSPS) is 13.4. The second-order valence-electron chi connectivity index (χ2n) is 4.85. The van der Waals surface area contributed by atoms with Crippen LogP contribution in [-0.4, -0.2) is 18.6 Å². The van der Waals surface area contributed by atoms with Crippen molar-refractivity contribution in [1.29, 1.82) is 0 Å². The standard InChI is InChI=1S/C15H15N3O2S/c1-11(13-9-16-17-10-13)18-21(19,20)15-8-4-6-12-5-2-3-7-14(12)15/h2-11,18H,1H3,(H,16,17). The van der Waals surface area contributed by atoms with E-state index in [1.54, 1.807) is 31.5 Å². The van der Waals surface area contributed by atoms with E-state index in [2.05, 4.69) is 14.9 Å². The molecule has 108 valence electrons. The van der Waals surface area contributed by atoms with Gasteiger partial charge in [0, 0.05) is 23.2 Å². The van der Waals surface area contributed by atoms with Crippen LogP contribution in [0, 0.1) is 0 Å². The van der Waals surface area contributed by atoms with Gasteiger partial charge in [-0.2, -0.15) is 5.10 Å². The Kier molecular flexibility index (Phi) is 3.48. The molecule has 2 N–H and O–H groups in total. The summed E-state index contributed by atoms with van der Waals surface area (Å²) < 4.78 is 27.9. The molecule has 0 spiro atoms. The lowest BCUT2D eigenvalue weighted by Crippen LogP contribution is -2.26. The molecule has 1 atom stereocenters. The molecule has 6 heteroatoms. The van der Waals surface area contributed by atoms with Crippen LogP contribution in [0.15, 0.2) is 59.8 Å². The zero-order chi connectivity index (χ0) is 14.9. The van der Waals surface area contributed by atoms with E-state index in [4.69, 9.17) is 0 Å². The van der Waals surface area contributed by atoms with Gasteiger partial charge in [0.15, 0.2) is 0 Å². The fourth-order valence-corrected chi connectivity index (χ4v) is 3.75. The smallest absolute Gasteiger partial charge is 0.241 e. The molecule has 0 saturated heterocycles. The lowest BCUT2D eigenvalue weighted by molar-refractivity contribution is 0.568. The highest BCUT2D eigenvalue weighted by Gasteiger charge is 2.20. The van der Waals surface area contributed by atoms with E-state index >= 15 is 0 Å². The SMILES string of the molecule is CC(NS(=O)(=O)c1cccc2ccccc12)c1cn[nH]c1. The molecular weight excluding hydrogens is 286 g/mol. The van der Waals surface area contributed by atoms with Crippen molar-refractivity contribution in [3.05, 3.63) is 60.4 Å². The van der Waals surface area contributed by atoms with E-state index < -0.39 is 10.0 Å². The van der Waals surface area contributed by atoms with Crippen molar-refractivity contribution in [3.63, 3.8) is 0 Å². The first kappa shape index (κ1) is 13.8. The number of hydrogen-bond acceptors (Lipinski definition) is 3. The molecule has 5 nitrogen and oxygen atoms in total. The number of nitrogens with zero attached hydrogens (tertiary/aromatic N) is 1. The highest BCUT2D eigenvalue weighted by molar-refractivity contribution is 7.89. The average molecular weight is 301 g/mol. The van der Waals surface area contributed by atoms with Crippen molar-refractivity contribution in [3.8, 4) is 0 Å². The summed E-state index contributed by atoms with van der Waals surface area (Å²) in [6, 6.07) is 12.3. The molecule has 1 heterocycles. The van der Waals surface area contributed by atoms with Crippen molar-refractivity contribution in [2.75, 3.05) is 0 Å². The zero-order valence-corrected chi connectivity index (χ0v) is 12.3. The van der Waals surface area contributed by atoms with Gasteiger partial charge in [0.05, 0.1) is 11.1 Å².